The summed E-state index contributed by atoms with van der Waals surface area (Å²) in [6, 6.07) is 13.8. The summed E-state index contributed by atoms with van der Waals surface area (Å²) in [6.07, 6.45) is 1.61. The van der Waals surface area contributed by atoms with Crippen molar-refractivity contribution in [3.8, 4) is 23.4 Å². The number of fused-ring (bicyclic) bond motifs is 1. The van der Waals surface area contributed by atoms with Gasteiger partial charge in [-0.15, -0.1) is 0 Å². The first-order valence-corrected chi connectivity index (χ1v) is 7.92. The monoisotopic (exact) mass is 359 g/mol. The Morgan fingerprint density at radius 1 is 1.30 bits per heavy atom. The lowest BCUT2D eigenvalue weighted by atomic mass is 10.1. The van der Waals surface area contributed by atoms with Crippen molar-refractivity contribution in [2.24, 2.45) is 5.10 Å². The van der Waals surface area contributed by atoms with E-state index in [2.05, 4.69) is 20.6 Å². The number of nitriles is 2. The minimum absolute atomic E-state index is 0.170. The average molecular weight is 359 g/mol. The van der Waals surface area contributed by atoms with Crippen LogP contribution >= 0.6 is 0 Å². The van der Waals surface area contributed by atoms with E-state index in [1.807, 2.05) is 6.07 Å². The summed E-state index contributed by atoms with van der Waals surface area (Å²) in [7, 11) is 0. The van der Waals surface area contributed by atoms with Crippen LogP contribution < -0.4 is 5.43 Å². The van der Waals surface area contributed by atoms with Crippen molar-refractivity contribution in [2.75, 3.05) is 12.0 Å². The number of esters is 1. The first kappa shape index (κ1) is 17.6. The molecule has 0 amide bonds. The van der Waals surface area contributed by atoms with Gasteiger partial charge in [-0.25, -0.2) is 14.3 Å². The smallest absolute Gasteiger partial charge is 0.358 e. The van der Waals surface area contributed by atoms with Crippen molar-refractivity contribution in [2.45, 2.75) is 6.92 Å². The number of carbonyl (C=O) groups is 1. The molecule has 27 heavy (non-hydrogen) atoms. The average Bonchev–Trinajstić information content (AvgIpc) is 3.14. The Kier molecular flexibility index (Phi) is 5.05. The van der Waals surface area contributed by atoms with Gasteiger partial charge in [0.15, 0.2) is 11.3 Å². The molecule has 0 aliphatic rings. The number of ether oxygens (including phenoxy) is 1. The fourth-order valence-electron chi connectivity index (χ4n) is 2.36. The lowest BCUT2D eigenvalue weighted by molar-refractivity contribution is 0.0519. The Balaban J connectivity index is 1.99. The molecule has 0 saturated carbocycles. The highest BCUT2D eigenvalue weighted by Gasteiger charge is 2.15. The summed E-state index contributed by atoms with van der Waals surface area (Å²) < 4.78 is 6.52. The Morgan fingerprint density at radius 2 is 2.11 bits per heavy atom. The number of hydrogen-bond donors (Lipinski definition) is 1. The van der Waals surface area contributed by atoms with Crippen molar-refractivity contribution in [1.29, 1.82) is 10.5 Å². The van der Waals surface area contributed by atoms with Crippen molar-refractivity contribution in [1.82, 2.24) is 14.6 Å². The SMILES string of the molecule is CCOC(=O)c1cc2nccc(-c3cccc(NN=C(C#N)C#N)c3)n2n1. The van der Waals surface area contributed by atoms with Gasteiger partial charge in [-0.1, -0.05) is 12.1 Å². The summed E-state index contributed by atoms with van der Waals surface area (Å²) in [5.74, 6) is -0.515. The summed E-state index contributed by atoms with van der Waals surface area (Å²) in [6.45, 7) is 1.98. The van der Waals surface area contributed by atoms with Crippen LogP contribution in [0.4, 0.5) is 5.69 Å². The molecule has 1 aromatic carbocycles. The maximum atomic E-state index is 11.9. The number of hydrogen-bond acceptors (Lipinski definition) is 8. The van der Waals surface area contributed by atoms with Crippen molar-refractivity contribution >= 4 is 23.0 Å². The van der Waals surface area contributed by atoms with Crippen LogP contribution in [0.15, 0.2) is 47.7 Å². The lowest BCUT2D eigenvalue weighted by Gasteiger charge is -2.07. The van der Waals surface area contributed by atoms with E-state index in [1.165, 1.54) is 0 Å². The van der Waals surface area contributed by atoms with Crippen LogP contribution in [-0.2, 0) is 4.74 Å². The van der Waals surface area contributed by atoms with E-state index < -0.39 is 5.97 Å². The molecule has 132 valence electrons. The molecule has 0 saturated heterocycles. The van der Waals surface area contributed by atoms with Gasteiger partial charge in [0.05, 0.1) is 18.0 Å². The van der Waals surface area contributed by atoms with Crippen LogP contribution in [0.3, 0.4) is 0 Å². The molecule has 0 aliphatic heterocycles. The normalized spacial score (nSPS) is 9.89. The van der Waals surface area contributed by atoms with Gasteiger partial charge in [0.1, 0.15) is 12.1 Å². The van der Waals surface area contributed by atoms with E-state index in [1.54, 1.807) is 60.1 Å². The second-order valence-electron chi connectivity index (χ2n) is 5.23. The molecule has 0 spiro atoms. The second kappa shape index (κ2) is 7.76. The van der Waals surface area contributed by atoms with Crippen molar-refractivity contribution in [3.63, 3.8) is 0 Å². The largest absolute Gasteiger partial charge is 0.461 e. The van der Waals surface area contributed by atoms with E-state index in [0.29, 0.717) is 17.0 Å². The van der Waals surface area contributed by atoms with Gasteiger partial charge in [-0.3, -0.25) is 5.43 Å². The van der Waals surface area contributed by atoms with Crippen LogP contribution in [0.2, 0.25) is 0 Å². The Labute approximate surface area is 154 Å². The number of nitrogens with zero attached hydrogens (tertiary/aromatic N) is 6. The lowest BCUT2D eigenvalue weighted by Crippen LogP contribution is -2.05. The molecular formula is C18H13N7O2. The van der Waals surface area contributed by atoms with E-state index in [4.69, 9.17) is 15.3 Å². The third-order valence-corrected chi connectivity index (χ3v) is 3.51. The van der Waals surface area contributed by atoms with Crippen molar-refractivity contribution < 1.29 is 9.53 Å². The van der Waals surface area contributed by atoms with Crippen LogP contribution in [0.5, 0.6) is 0 Å². The molecule has 0 fully saturated rings. The van der Waals surface area contributed by atoms with Crippen LogP contribution in [0.25, 0.3) is 16.9 Å². The van der Waals surface area contributed by atoms with Gasteiger partial charge >= 0.3 is 5.97 Å². The number of benzene rings is 1. The number of nitrogens with one attached hydrogen (secondary N) is 1. The molecule has 0 atom stereocenters. The predicted octanol–water partition coefficient (Wildman–Crippen LogP) is 2.39. The van der Waals surface area contributed by atoms with Gasteiger partial charge in [0.2, 0.25) is 5.71 Å². The zero-order valence-corrected chi connectivity index (χ0v) is 14.2. The molecule has 9 heteroatoms. The molecule has 0 bridgehead atoms. The maximum absolute atomic E-state index is 11.9. The zero-order chi connectivity index (χ0) is 19.2. The van der Waals surface area contributed by atoms with Gasteiger partial charge in [-0.2, -0.15) is 20.7 Å². The Hall–Kier alpha value is -4.24. The summed E-state index contributed by atoms with van der Waals surface area (Å²) >= 11 is 0. The number of carbonyl (C=O) groups excluding carboxylic acids is 1. The molecule has 3 aromatic rings. The molecular weight excluding hydrogens is 346 g/mol. The molecule has 1 N–H and O–H groups in total. The van der Waals surface area contributed by atoms with E-state index in [0.717, 1.165) is 5.56 Å². The van der Waals surface area contributed by atoms with E-state index in [-0.39, 0.29) is 18.0 Å². The van der Waals surface area contributed by atoms with Crippen molar-refractivity contribution in [3.05, 3.63) is 48.3 Å². The zero-order valence-electron chi connectivity index (χ0n) is 14.2. The first-order valence-electron chi connectivity index (χ1n) is 7.92. The van der Waals surface area contributed by atoms with E-state index in [9.17, 15) is 4.79 Å². The van der Waals surface area contributed by atoms with Gasteiger partial charge in [0, 0.05) is 17.8 Å². The van der Waals surface area contributed by atoms with Gasteiger partial charge in [-0.05, 0) is 25.1 Å². The van der Waals surface area contributed by atoms with Gasteiger partial charge in [0.25, 0.3) is 0 Å². The molecule has 0 unspecified atom stereocenters. The molecule has 0 aliphatic carbocycles. The fourth-order valence-corrected chi connectivity index (χ4v) is 2.36. The highest BCUT2D eigenvalue weighted by Crippen LogP contribution is 2.23. The maximum Gasteiger partial charge on any atom is 0.358 e. The number of hydrazone groups is 1. The van der Waals surface area contributed by atoms with Crippen LogP contribution in [0.1, 0.15) is 17.4 Å². The van der Waals surface area contributed by atoms with E-state index >= 15 is 0 Å². The summed E-state index contributed by atoms with van der Waals surface area (Å²) in [4.78, 5) is 16.1. The molecule has 0 radical (unpaired) electrons. The summed E-state index contributed by atoms with van der Waals surface area (Å²) in [5, 5.41) is 25.5. The quantitative estimate of drug-likeness (QED) is 0.420. The van der Waals surface area contributed by atoms with Gasteiger partial charge < -0.3 is 4.74 Å². The predicted molar refractivity (Wildman–Crippen MR) is 96.7 cm³/mol. The Bertz CT molecular complexity index is 1100. The highest BCUT2D eigenvalue weighted by molar-refractivity contribution is 6.10. The number of rotatable bonds is 5. The highest BCUT2D eigenvalue weighted by atomic mass is 16.5. The third-order valence-electron chi connectivity index (χ3n) is 3.51. The number of anilines is 1. The standard InChI is InChI=1S/C18H13N7O2/c1-2-27-18(26)15-9-17-21-7-6-16(25(17)24-15)12-4-3-5-13(8-12)22-23-14(10-19)11-20/h3-9,22H,2H2,1H3. The first-order chi connectivity index (χ1) is 13.2. The Morgan fingerprint density at radius 3 is 2.85 bits per heavy atom. The topological polar surface area (TPSA) is 128 Å². The molecule has 9 nitrogen and oxygen atoms in total. The molecule has 2 aromatic heterocycles. The van der Waals surface area contributed by atoms with Crippen LogP contribution in [0, 0.1) is 22.7 Å². The molecule has 2 heterocycles. The minimum Gasteiger partial charge on any atom is -0.461 e. The third kappa shape index (κ3) is 3.72. The summed E-state index contributed by atoms with van der Waals surface area (Å²) in [5.41, 5.74) is 5.12. The minimum atomic E-state index is -0.515. The second-order valence-corrected chi connectivity index (χ2v) is 5.23. The number of aromatic nitrogens is 3. The van der Waals surface area contributed by atoms with Crippen LogP contribution in [-0.4, -0.2) is 32.9 Å². The molecule has 3 rings (SSSR count). The fraction of sp³-hybridized carbons (Fsp3) is 0.111.